The summed E-state index contributed by atoms with van der Waals surface area (Å²) < 4.78 is 16.1. The van der Waals surface area contributed by atoms with E-state index in [9.17, 15) is 9.59 Å². The molecule has 4 rings (SSSR count). The third-order valence-electron chi connectivity index (χ3n) is 7.05. The van der Waals surface area contributed by atoms with Crippen molar-refractivity contribution in [2.75, 3.05) is 21.3 Å². The van der Waals surface area contributed by atoms with E-state index in [0.29, 0.717) is 33.7 Å². The lowest BCUT2D eigenvalue weighted by Gasteiger charge is -2.32. The topological polar surface area (TPSA) is 77.1 Å². The van der Waals surface area contributed by atoms with E-state index in [1.165, 1.54) is 0 Å². The van der Waals surface area contributed by atoms with Gasteiger partial charge in [0.1, 0.15) is 11.8 Å². The summed E-state index contributed by atoms with van der Waals surface area (Å²) in [4.78, 5) is 29.7. The molecule has 0 aliphatic carbocycles. The summed E-state index contributed by atoms with van der Waals surface area (Å²) in [5.41, 5.74) is 3.23. The molecule has 4 aromatic carbocycles. The summed E-state index contributed by atoms with van der Waals surface area (Å²) in [6.45, 7) is 0.392. The van der Waals surface area contributed by atoms with E-state index in [1.54, 1.807) is 56.6 Å². The van der Waals surface area contributed by atoms with Crippen molar-refractivity contribution in [3.8, 4) is 17.2 Å². The molecule has 0 heterocycles. The average molecular weight is 622 g/mol. The number of carbonyl (C=O) groups is 2. The first-order valence-electron chi connectivity index (χ1n) is 13.7. The van der Waals surface area contributed by atoms with E-state index in [-0.39, 0.29) is 31.3 Å². The predicted molar refractivity (Wildman–Crippen MR) is 169 cm³/mol. The van der Waals surface area contributed by atoms with E-state index >= 15 is 0 Å². The molecule has 1 atom stereocenters. The van der Waals surface area contributed by atoms with Crippen LogP contribution < -0.4 is 19.5 Å². The molecule has 4 aromatic rings. The van der Waals surface area contributed by atoms with Gasteiger partial charge in [-0.15, -0.1) is 0 Å². The van der Waals surface area contributed by atoms with Gasteiger partial charge in [0.15, 0.2) is 11.5 Å². The molecule has 43 heavy (non-hydrogen) atoms. The molecule has 0 spiro atoms. The van der Waals surface area contributed by atoms with E-state index in [2.05, 4.69) is 5.32 Å². The van der Waals surface area contributed by atoms with Gasteiger partial charge in [0.25, 0.3) is 0 Å². The Morgan fingerprint density at radius 1 is 0.767 bits per heavy atom. The minimum absolute atomic E-state index is 0.0537. The number of nitrogens with one attached hydrogen (secondary N) is 1. The molecular formula is C34H34Cl2N2O5. The van der Waals surface area contributed by atoms with Crippen LogP contribution in [0.5, 0.6) is 17.2 Å². The minimum Gasteiger partial charge on any atom is -0.497 e. The van der Waals surface area contributed by atoms with Gasteiger partial charge < -0.3 is 24.4 Å². The van der Waals surface area contributed by atoms with E-state index in [0.717, 1.165) is 22.3 Å². The molecule has 9 heteroatoms. The van der Waals surface area contributed by atoms with Crippen molar-refractivity contribution >= 4 is 35.0 Å². The molecular weight excluding hydrogens is 587 g/mol. The summed E-state index contributed by atoms with van der Waals surface area (Å²) in [5.74, 6) is 1.27. The summed E-state index contributed by atoms with van der Waals surface area (Å²) in [7, 11) is 4.71. The second-order valence-corrected chi connectivity index (χ2v) is 10.7. The van der Waals surface area contributed by atoms with Gasteiger partial charge in [0, 0.05) is 29.6 Å². The largest absolute Gasteiger partial charge is 0.497 e. The van der Waals surface area contributed by atoms with Crippen LogP contribution in [0.4, 0.5) is 0 Å². The Morgan fingerprint density at radius 3 is 2.12 bits per heavy atom. The van der Waals surface area contributed by atoms with Crippen LogP contribution in [0.1, 0.15) is 22.3 Å². The van der Waals surface area contributed by atoms with Crippen LogP contribution in [0.2, 0.25) is 10.0 Å². The Labute approximate surface area is 262 Å². The van der Waals surface area contributed by atoms with Gasteiger partial charge in [-0.3, -0.25) is 9.59 Å². The van der Waals surface area contributed by atoms with Gasteiger partial charge in [-0.25, -0.2) is 0 Å². The lowest BCUT2D eigenvalue weighted by atomic mass is 10.0. The summed E-state index contributed by atoms with van der Waals surface area (Å²) in [5, 5.41) is 3.96. The van der Waals surface area contributed by atoms with Gasteiger partial charge >= 0.3 is 0 Å². The Bertz CT molecular complexity index is 1530. The number of methoxy groups -OCH3 is 3. The van der Waals surface area contributed by atoms with Crippen LogP contribution in [0.15, 0.2) is 91.0 Å². The van der Waals surface area contributed by atoms with Crippen LogP contribution in [-0.4, -0.2) is 44.1 Å². The highest BCUT2D eigenvalue weighted by atomic mass is 35.5. The maximum absolute atomic E-state index is 14.1. The van der Waals surface area contributed by atoms with Crippen LogP contribution in [0.3, 0.4) is 0 Å². The number of hydrogen-bond donors (Lipinski definition) is 1. The fourth-order valence-electron chi connectivity index (χ4n) is 4.71. The molecule has 1 N–H and O–H groups in total. The smallest absolute Gasteiger partial charge is 0.243 e. The fourth-order valence-corrected chi connectivity index (χ4v) is 5.19. The number of benzene rings is 4. The number of nitrogens with zero attached hydrogens (tertiary/aromatic N) is 1. The number of amides is 2. The van der Waals surface area contributed by atoms with Crippen molar-refractivity contribution in [2.45, 2.75) is 32.0 Å². The van der Waals surface area contributed by atoms with Crippen LogP contribution in [-0.2, 0) is 35.5 Å². The fraction of sp³-hybridized carbons (Fsp3) is 0.235. The molecule has 0 unspecified atom stereocenters. The lowest BCUT2D eigenvalue weighted by molar-refractivity contribution is -0.140. The maximum atomic E-state index is 14.1. The third kappa shape index (κ3) is 8.66. The Balaban J connectivity index is 1.68. The normalized spacial score (nSPS) is 11.4. The Kier molecular flexibility index (Phi) is 11.3. The van der Waals surface area contributed by atoms with Gasteiger partial charge in [-0.05, 0) is 58.7 Å². The van der Waals surface area contributed by atoms with Crippen molar-refractivity contribution in [2.24, 2.45) is 0 Å². The number of carbonyl (C=O) groups excluding carboxylic acids is 2. The van der Waals surface area contributed by atoms with Gasteiger partial charge in [0.2, 0.25) is 11.8 Å². The molecule has 0 saturated carbocycles. The predicted octanol–water partition coefficient (Wildman–Crippen LogP) is 6.52. The average Bonchev–Trinajstić information content (AvgIpc) is 3.02. The molecule has 0 aromatic heterocycles. The standard InChI is InChI=1S/C34H34Cl2N2O5/c1-41-28-14-9-24(10-15-28)22-38(33(39)19-25-11-16-31(42-2)32(18-25)43-3)30(17-23-7-5-4-6-8-23)34(40)37-21-26-12-13-27(35)20-29(26)36/h4-16,18,20,30H,17,19,21-22H2,1-3H3,(H,37,40)/t30-/m0/s1. The van der Waals surface area contributed by atoms with Gasteiger partial charge in [0.05, 0.1) is 27.8 Å². The zero-order chi connectivity index (χ0) is 30.8. The van der Waals surface area contributed by atoms with Crippen molar-refractivity contribution in [1.29, 1.82) is 0 Å². The highest BCUT2D eigenvalue weighted by Crippen LogP contribution is 2.28. The molecule has 0 saturated heterocycles. The first kappa shape index (κ1) is 31.7. The zero-order valence-electron chi connectivity index (χ0n) is 24.3. The van der Waals surface area contributed by atoms with Crippen molar-refractivity contribution in [3.05, 3.63) is 123 Å². The molecule has 7 nitrogen and oxygen atoms in total. The summed E-state index contributed by atoms with van der Waals surface area (Å²) >= 11 is 12.4. The second-order valence-electron chi connectivity index (χ2n) is 9.89. The molecule has 0 radical (unpaired) electrons. The van der Waals surface area contributed by atoms with Gasteiger partial charge in [-0.1, -0.05) is 77.8 Å². The first-order valence-corrected chi connectivity index (χ1v) is 14.5. The quantitative estimate of drug-likeness (QED) is 0.184. The summed E-state index contributed by atoms with van der Waals surface area (Å²) in [6.07, 6.45) is 0.368. The Morgan fingerprint density at radius 2 is 1.47 bits per heavy atom. The Hall–Kier alpha value is -4.20. The highest BCUT2D eigenvalue weighted by molar-refractivity contribution is 6.35. The number of ether oxygens (including phenoxy) is 3. The van der Waals surface area contributed by atoms with Crippen LogP contribution >= 0.6 is 23.2 Å². The van der Waals surface area contributed by atoms with Gasteiger partial charge in [-0.2, -0.15) is 0 Å². The minimum atomic E-state index is -0.816. The monoisotopic (exact) mass is 620 g/mol. The number of hydrogen-bond acceptors (Lipinski definition) is 5. The number of halogens is 2. The lowest BCUT2D eigenvalue weighted by Crippen LogP contribution is -2.50. The molecule has 0 fully saturated rings. The molecule has 224 valence electrons. The zero-order valence-corrected chi connectivity index (χ0v) is 25.8. The highest BCUT2D eigenvalue weighted by Gasteiger charge is 2.30. The van der Waals surface area contributed by atoms with E-state index in [4.69, 9.17) is 37.4 Å². The number of rotatable bonds is 13. The van der Waals surface area contributed by atoms with Crippen molar-refractivity contribution in [3.63, 3.8) is 0 Å². The molecule has 2 amide bonds. The molecule has 0 aliphatic heterocycles. The van der Waals surface area contributed by atoms with Crippen molar-refractivity contribution in [1.82, 2.24) is 10.2 Å². The van der Waals surface area contributed by atoms with E-state index in [1.807, 2.05) is 60.7 Å². The first-order chi connectivity index (χ1) is 20.8. The van der Waals surface area contributed by atoms with Crippen LogP contribution in [0.25, 0.3) is 0 Å². The molecule has 0 bridgehead atoms. The second kappa shape index (κ2) is 15.3. The van der Waals surface area contributed by atoms with Crippen LogP contribution in [0, 0.1) is 0 Å². The third-order valence-corrected chi connectivity index (χ3v) is 7.64. The SMILES string of the molecule is COc1ccc(CN(C(=O)Cc2ccc(OC)c(OC)c2)[C@@H](Cc2ccccc2)C(=O)NCc2ccc(Cl)cc2Cl)cc1. The summed E-state index contributed by atoms with van der Waals surface area (Å²) in [6, 6.07) is 26.7. The van der Waals surface area contributed by atoms with E-state index < -0.39 is 6.04 Å². The molecule has 0 aliphatic rings. The maximum Gasteiger partial charge on any atom is 0.243 e. The van der Waals surface area contributed by atoms with Crippen molar-refractivity contribution < 1.29 is 23.8 Å².